The Bertz CT molecular complexity index is 487. The number of hydrogen-bond acceptors (Lipinski definition) is 1. The number of unbranched alkanes of at least 4 members (excludes halogenated alkanes) is 5. The lowest BCUT2D eigenvalue weighted by molar-refractivity contribution is 0.591. The Balaban J connectivity index is 1.46. The molecule has 1 heteroatoms. The van der Waals surface area contributed by atoms with Crippen LogP contribution in [0.25, 0.3) is 0 Å². The van der Waals surface area contributed by atoms with Gasteiger partial charge in [-0.25, -0.2) is 0 Å². The van der Waals surface area contributed by atoms with E-state index in [2.05, 4.69) is 54.4 Å². The third-order valence-electron chi connectivity index (χ3n) is 3.96. The van der Waals surface area contributed by atoms with E-state index in [-0.39, 0.29) is 0 Å². The predicted octanol–water partition coefficient (Wildman–Crippen LogP) is 5.52. The van der Waals surface area contributed by atoms with Crippen molar-refractivity contribution in [3.8, 4) is 0 Å². The molecule has 0 N–H and O–H groups in total. The minimum Gasteiger partial charge on any atom is -0.261 e. The summed E-state index contributed by atoms with van der Waals surface area (Å²) >= 11 is 0. The first-order valence-electron chi connectivity index (χ1n) is 8.30. The van der Waals surface area contributed by atoms with Crippen LogP contribution in [0.4, 0.5) is 0 Å². The number of nitrogens with zero attached hydrogens (tertiary/aromatic N) is 1. The van der Waals surface area contributed by atoms with Gasteiger partial charge in [-0.1, -0.05) is 62.1 Å². The van der Waals surface area contributed by atoms with Gasteiger partial charge < -0.3 is 0 Å². The third-order valence-corrected chi connectivity index (χ3v) is 3.96. The molecule has 2 aromatic rings. The summed E-state index contributed by atoms with van der Waals surface area (Å²) in [5.74, 6) is 0. The molecule has 0 aliphatic carbocycles. The summed E-state index contributed by atoms with van der Waals surface area (Å²) in [7, 11) is 0. The predicted molar refractivity (Wildman–Crippen MR) is 90.5 cm³/mol. The van der Waals surface area contributed by atoms with Gasteiger partial charge >= 0.3 is 0 Å². The zero-order valence-corrected chi connectivity index (χ0v) is 13.2. The standard InChI is InChI=1S/C20H27N/c1-18-15-16-20(21-17-18)14-10-5-3-2-4-7-11-19-12-8-6-9-13-19/h6,8-9,12-13,15-17H,2-5,7,10-11,14H2,1H3. The second-order valence-electron chi connectivity index (χ2n) is 5.93. The zero-order valence-electron chi connectivity index (χ0n) is 13.2. The van der Waals surface area contributed by atoms with Gasteiger partial charge in [0.15, 0.2) is 0 Å². The molecule has 0 amide bonds. The van der Waals surface area contributed by atoms with Crippen LogP contribution in [-0.2, 0) is 12.8 Å². The molecule has 0 unspecified atom stereocenters. The highest BCUT2D eigenvalue weighted by Crippen LogP contribution is 2.11. The summed E-state index contributed by atoms with van der Waals surface area (Å²) in [6.07, 6.45) is 12.4. The maximum Gasteiger partial charge on any atom is 0.0403 e. The third kappa shape index (κ3) is 6.57. The van der Waals surface area contributed by atoms with Crippen LogP contribution in [0.15, 0.2) is 48.7 Å². The van der Waals surface area contributed by atoms with E-state index >= 15 is 0 Å². The molecular formula is C20H27N. The Kier molecular flexibility index (Phi) is 7.00. The summed E-state index contributed by atoms with van der Waals surface area (Å²) in [6, 6.07) is 15.1. The smallest absolute Gasteiger partial charge is 0.0403 e. The van der Waals surface area contributed by atoms with Gasteiger partial charge in [0.05, 0.1) is 0 Å². The maximum absolute atomic E-state index is 4.46. The minimum absolute atomic E-state index is 1.13. The highest BCUT2D eigenvalue weighted by Gasteiger charge is 1.96. The lowest BCUT2D eigenvalue weighted by atomic mass is 10.0. The van der Waals surface area contributed by atoms with Crippen molar-refractivity contribution < 1.29 is 0 Å². The number of pyridine rings is 1. The maximum atomic E-state index is 4.46. The molecule has 21 heavy (non-hydrogen) atoms. The van der Waals surface area contributed by atoms with Crippen LogP contribution in [0.3, 0.4) is 0 Å². The van der Waals surface area contributed by atoms with E-state index in [0.29, 0.717) is 0 Å². The molecule has 0 saturated heterocycles. The van der Waals surface area contributed by atoms with E-state index in [9.17, 15) is 0 Å². The Labute approximate surface area is 129 Å². The minimum atomic E-state index is 1.13. The summed E-state index contributed by atoms with van der Waals surface area (Å²) in [4.78, 5) is 4.46. The Morgan fingerprint density at radius 1 is 0.714 bits per heavy atom. The van der Waals surface area contributed by atoms with Gasteiger partial charge in [-0.15, -0.1) is 0 Å². The van der Waals surface area contributed by atoms with E-state index in [0.717, 1.165) is 6.42 Å². The SMILES string of the molecule is Cc1ccc(CCCCCCCCc2ccccc2)nc1. The molecular weight excluding hydrogens is 254 g/mol. The lowest BCUT2D eigenvalue weighted by Gasteiger charge is -2.03. The summed E-state index contributed by atoms with van der Waals surface area (Å²) in [5.41, 5.74) is 3.96. The highest BCUT2D eigenvalue weighted by atomic mass is 14.7. The van der Waals surface area contributed by atoms with Crippen LogP contribution >= 0.6 is 0 Å². The van der Waals surface area contributed by atoms with Crippen LogP contribution in [0.1, 0.15) is 55.3 Å². The summed E-state index contributed by atoms with van der Waals surface area (Å²) in [6.45, 7) is 2.09. The van der Waals surface area contributed by atoms with Gasteiger partial charge in [0.2, 0.25) is 0 Å². The Hall–Kier alpha value is -1.63. The van der Waals surface area contributed by atoms with E-state index in [1.54, 1.807) is 0 Å². The largest absolute Gasteiger partial charge is 0.261 e. The average molecular weight is 281 g/mol. The van der Waals surface area contributed by atoms with E-state index in [1.807, 2.05) is 6.20 Å². The molecule has 0 radical (unpaired) electrons. The molecule has 0 saturated carbocycles. The average Bonchev–Trinajstić information content (AvgIpc) is 2.53. The molecule has 1 heterocycles. The number of benzene rings is 1. The van der Waals surface area contributed by atoms with Gasteiger partial charge in [-0.2, -0.15) is 0 Å². The topological polar surface area (TPSA) is 12.9 Å². The summed E-state index contributed by atoms with van der Waals surface area (Å²) in [5, 5.41) is 0. The Morgan fingerprint density at radius 3 is 2.05 bits per heavy atom. The van der Waals surface area contributed by atoms with Crippen molar-refractivity contribution in [2.75, 3.05) is 0 Å². The fourth-order valence-electron chi connectivity index (χ4n) is 2.63. The van der Waals surface area contributed by atoms with Gasteiger partial charge in [0.1, 0.15) is 0 Å². The van der Waals surface area contributed by atoms with Gasteiger partial charge in [-0.05, 0) is 49.8 Å². The number of rotatable bonds is 9. The van der Waals surface area contributed by atoms with Crippen LogP contribution in [0, 0.1) is 6.92 Å². The van der Waals surface area contributed by atoms with Gasteiger partial charge in [-0.3, -0.25) is 4.98 Å². The zero-order chi connectivity index (χ0) is 14.8. The van der Waals surface area contributed by atoms with Crippen LogP contribution in [0.5, 0.6) is 0 Å². The van der Waals surface area contributed by atoms with E-state index in [1.165, 1.54) is 61.8 Å². The number of aromatic nitrogens is 1. The van der Waals surface area contributed by atoms with Crippen LogP contribution in [0.2, 0.25) is 0 Å². The van der Waals surface area contributed by atoms with Crippen molar-refractivity contribution >= 4 is 0 Å². The second-order valence-corrected chi connectivity index (χ2v) is 5.93. The highest BCUT2D eigenvalue weighted by molar-refractivity contribution is 5.14. The van der Waals surface area contributed by atoms with Crippen molar-refractivity contribution in [2.24, 2.45) is 0 Å². The molecule has 1 nitrogen and oxygen atoms in total. The molecule has 0 spiro atoms. The first-order valence-corrected chi connectivity index (χ1v) is 8.30. The van der Waals surface area contributed by atoms with Gasteiger partial charge in [0.25, 0.3) is 0 Å². The molecule has 0 atom stereocenters. The Morgan fingerprint density at radius 2 is 1.38 bits per heavy atom. The van der Waals surface area contributed by atoms with Crippen LogP contribution in [-0.4, -0.2) is 4.98 Å². The van der Waals surface area contributed by atoms with Crippen molar-refractivity contribution in [3.05, 3.63) is 65.5 Å². The fraction of sp³-hybridized carbons (Fsp3) is 0.450. The van der Waals surface area contributed by atoms with E-state index in [4.69, 9.17) is 0 Å². The first kappa shape index (κ1) is 15.8. The molecule has 0 aliphatic rings. The number of aryl methyl sites for hydroxylation is 3. The first-order chi connectivity index (χ1) is 10.3. The fourth-order valence-corrected chi connectivity index (χ4v) is 2.63. The van der Waals surface area contributed by atoms with Crippen molar-refractivity contribution in [3.63, 3.8) is 0 Å². The number of hydrogen-bond donors (Lipinski definition) is 0. The molecule has 2 rings (SSSR count). The van der Waals surface area contributed by atoms with E-state index < -0.39 is 0 Å². The summed E-state index contributed by atoms with van der Waals surface area (Å²) < 4.78 is 0. The van der Waals surface area contributed by atoms with Gasteiger partial charge in [0, 0.05) is 11.9 Å². The molecule has 1 aromatic carbocycles. The normalized spacial score (nSPS) is 10.7. The molecule has 0 bridgehead atoms. The van der Waals surface area contributed by atoms with Crippen LogP contribution < -0.4 is 0 Å². The monoisotopic (exact) mass is 281 g/mol. The molecule has 1 aromatic heterocycles. The molecule has 112 valence electrons. The van der Waals surface area contributed by atoms with Crippen molar-refractivity contribution in [1.82, 2.24) is 4.98 Å². The second kappa shape index (κ2) is 9.33. The lowest BCUT2D eigenvalue weighted by Crippen LogP contribution is -1.91. The molecule has 0 aliphatic heterocycles. The van der Waals surface area contributed by atoms with Crippen molar-refractivity contribution in [1.29, 1.82) is 0 Å². The quantitative estimate of drug-likeness (QED) is 0.552. The van der Waals surface area contributed by atoms with Crippen molar-refractivity contribution in [2.45, 2.75) is 58.3 Å². The molecule has 0 fully saturated rings.